The lowest BCUT2D eigenvalue weighted by Gasteiger charge is -2.42. The third-order valence-corrected chi connectivity index (χ3v) is 2.56. The van der Waals surface area contributed by atoms with Crippen molar-refractivity contribution in [3.63, 3.8) is 0 Å². The molecule has 2 N–H and O–H groups in total. The zero-order valence-electron chi connectivity index (χ0n) is 5.67. The average Bonchev–Trinajstić information content (AvgIpc) is 2.07. The van der Waals surface area contributed by atoms with Gasteiger partial charge >= 0.3 is 0 Å². The zero-order valence-corrected chi connectivity index (χ0v) is 5.67. The summed E-state index contributed by atoms with van der Waals surface area (Å²) in [5.41, 5.74) is 1.54. The molecule has 2 unspecified atom stereocenters. The van der Waals surface area contributed by atoms with Crippen LogP contribution in [0.4, 0.5) is 0 Å². The number of hydrazine groups is 1. The largest absolute Gasteiger partial charge is 0.268 e. The molecule has 1 heterocycles. The van der Waals surface area contributed by atoms with Crippen LogP contribution < -0.4 is 5.84 Å². The van der Waals surface area contributed by atoms with E-state index in [2.05, 4.69) is 13.0 Å². The van der Waals surface area contributed by atoms with E-state index in [-0.39, 0.29) is 0 Å². The molecule has 9 heavy (non-hydrogen) atoms. The third kappa shape index (κ3) is 0.575. The molecule has 0 spiro atoms. The molecular weight excluding hydrogens is 112 g/mol. The summed E-state index contributed by atoms with van der Waals surface area (Å²) in [6.45, 7) is 3.28. The highest BCUT2D eigenvalue weighted by molar-refractivity contribution is 5.20. The highest BCUT2D eigenvalue weighted by atomic mass is 15.5. The van der Waals surface area contributed by atoms with Crippen LogP contribution in [0.2, 0.25) is 0 Å². The first-order chi connectivity index (χ1) is 4.29. The predicted molar refractivity (Wildman–Crippen MR) is 36.5 cm³/mol. The fraction of sp³-hybridized carbons (Fsp3) is 0.714. The second kappa shape index (κ2) is 1.58. The van der Waals surface area contributed by atoms with Crippen LogP contribution in [-0.4, -0.2) is 17.6 Å². The van der Waals surface area contributed by atoms with Gasteiger partial charge in [0.2, 0.25) is 0 Å². The van der Waals surface area contributed by atoms with Crippen molar-refractivity contribution in [1.82, 2.24) is 5.01 Å². The Morgan fingerprint density at radius 1 is 1.78 bits per heavy atom. The summed E-state index contributed by atoms with van der Waals surface area (Å²) in [6.07, 6.45) is 3.48. The maximum atomic E-state index is 5.63. The second-order valence-electron chi connectivity index (χ2n) is 3.05. The molecule has 2 rings (SSSR count). The number of rotatable bonds is 0. The zero-order chi connectivity index (χ0) is 6.43. The molecule has 0 aromatic rings. The van der Waals surface area contributed by atoms with E-state index in [1.807, 2.05) is 5.01 Å². The average molecular weight is 124 g/mol. The van der Waals surface area contributed by atoms with Gasteiger partial charge in [-0.1, -0.05) is 11.6 Å². The number of hydrogen-bond acceptors (Lipinski definition) is 2. The first kappa shape index (κ1) is 5.45. The van der Waals surface area contributed by atoms with Crippen LogP contribution in [0.3, 0.4) is 0 Å². The van der Waals surface area contributed by atoms with Crippen molar-refractivity contribution in [3.8, 4) is 0 Å². The summed E-state index contributed by atoms with van der Waals surface area (Å²) in [4.78, 5) is 0. The summed E-state index contributed by atoms with van der Waals surface area (Å²) in [6, 6.07) is 0.657. The van der Waals surface area contributed by atoms with Crippen molar-refractivity contribution in [1.29, 1.82) is 0 Å². The minimum atomic E-state index is 0.657. The van der Waals surface area contributed by atoms with E-state index in [0.29, 0.717) is 6.04 Å². The SMILES string of the molecule is CC1=CCC2C1CN2N. The Labute approximate surface area is 55.3 Å². The van der Waals surface area contributed by atoms with Crippen LogP contribution in [-0.2, 0) is 0 Å². The number of hydrogen-bond donors (Lipinski definition) is 1. The van der Waals surface area contributed by atoms with Gasteiger partial charge in [-0.2, -0.15) is 0 Å². The lowest BCUT2D eigenvalue weighted by Crippen LogP contribution is -2.57. The van der Waals surface area contributed by atoms with Crippen LogP contribution in [0.5, 0.6) is 0 Å². The summed E-state index contributed by atoms with van der Waals surface area (Å²) in [5.74, 6) is 6.43. The second-order valence-corrected chi connectivity index (χ2v) is 3.05. The minimum Gasteiger partial charge on any atom is -0.268 e. The lowest BCUT2D eigenvalue weighted by atomic mass is 9.90. The Hall–Kier alpha value is -0.340. The van der Waals surface area contributed by atoms with Gasteiger partial charge in [-0.15, -0.1) is 0 Å². The lowest BCUT2D eigenvalue weighted by molar-refractivity contribution is 0.0487. The Morgan fingerprint density at radius 3 is 3.00 bits per heavy atom. The minimum absolute atomic E-state index is 0.657. The highest BCUT2D eigenvalue weighted by Crippen LogP contribution is 2.36. The van der Waals surface area contributed by atoms with Crippen molar-refractivity contribution in [3.05, 3.63) is 11.6 Å². The number of nitrogens with zero attached hydrogens (tertiary/aromatic N) is 1. The number of nitrogens with two attached hydrogens (primary N) is 1. The van der Waals surface area contributed by atoms with E-state index in [9.17, 15) is 0 Å². The molecule has 50 valence electrons. The molecule has 2 nitrogen and oxygen atoms in total. The molecule has 1 aliphatic carbocycles. The topological polar surface area (TPSA) is 29.3 Å². The summed E-state index contributed by atoms with van der Waals surface area (Å²) in [7, 11) is 0. The van der Waals surface area contributed by atoms with Crippen LogP contribution >= 0.6 is 0 Å². The van der Waals surface area contributed by atoms with Crippen molar-refractivity contribution in [2.24, 2.45) is 11.8 Å². The van der Waals surface area contributed by atoms with Crippen molar-refractivity contribution in [2.45, 2.75) is 19.4 Å². The van der Waals surface area contributed by atoms with Gasteiger partial charge in [0.1, 0.15) is 0 Å². The highest BCUT2D eigenvalue weighted by Gasteiger charge is 2.40. The van der Waals surface area contributed by atoms with Gasteiger partial charge in [-0.05, 0) is 13.3 Å². The number of fused-ring (bicyclic) bond motifs is 1. The maximum Gasteiger partial charge on any atom is 0.0354 e. The molecule has 0 aromatic heterocycles. The Balaban J connectivity index is 2.11. The van der Waals surface area contributed by atoms with Gasteiger partial charge in [-0.3, -0.25) is 5.84 Å². The molecule has 0 bridgehead atoms. The standard InChI is InChI=1S/C7H12N2/c1-5-2-3-7-6(5)4-9(7)8/h2,6-7H,3-4,8H2,1H3. The van der Waals surface area contributed by atoms with E-state index in [1.54, 1.807) is 5.57 Å². The Kier molecular flexibility index (Phi) is 0.957. The van der Waals surface area contributed by atoms with Crippen LogP contribution in [0.25, 0.3) is 0 Å². The van der Waals surface area contributed by atoms with E-state index >= 15 is 0 Å². The van der Waals surface area contributed by atoms with Gasteiger partial charge in [0.15, 0.2) is 0 Å². The monoisotopic (exact) mass is 124 g/mol. The smallest absolute Gasteiger partial charge is 0.0354 e. The molecule has 0 saturated carbocycles. The molecule has 1 aliphatic heterocycles. The Morgan fingerprint density at radius 2 is 2.56 bits per heavy atom. The fourth-order valence-electron chi connectivity index (χ4n) is 1.78. The van der Waals surface area contributed by atoms with Gasteiger partial charge in [-0.25, -0.2) is 5.01 Å². The molecule has 1 fully saturated rings. The normalized spacial score (nSPS) is 41.8. The molecule has 2 heteroatoms. The summed E-state index contributed by atoms with van der Waals surface area (Å²) in [5, 5.41) is 1.94. The fourth-order valence-corrected chi connectivity index (χ4v) is 1.78. The molecule has 0 radical (unpaired) electrons. The maximum absolute atomic E-state index is 5.63. The molecule has 2 atom stereocenters. The van der Waals surface area contributed by atoms with E-state index < -0.39 is 0 Å². The predicted octanol–water partition coefficient (Wildman–Crippen LogP) is 0.511. The molecule has 0 aromatic carbocycles. The first-order valence-electron chi connectivity index (χ1n) is 3.47. The van der Waals surface area contributed by atoms with Crippen molar-refractivity contribution in [2.75, 3.05) is 6.54 Å². The summed E-state index contributed by atoms with van der Waals surface area (Å²) < 4.78 is 0. The van der Waals surface area contributed by atoms with Crippen molar-refractivity contribution < 1.29 is 0 Å². The van der Waals surface area contributed by atoms with Gasteiger partial charge in [0, 0.05) is 18.5 Å². The van der Waals surface area contributed by atoms with E-state index in [1.165, 1.54) is 6.42 Å². The van der Waals surface area contributed by atoms with Gasteiger partial charge < -0.3 is 0 Å². The van der Waals surface area contributed by atoms with Crippen LogP contribution in [0, 0.1) is 5.92 Å². The molecular formula is C7H12N2. The molecule has 2 aliphatic rings. The Bertz CT molecular complexity index is 162. The first-order valence-corrected chi connectivity index (χ1v) is 3.47. The van der Waals surface area contributed by atoms with E-state index in [0.717, 1.165) is 12.5 Å². The molecule has 0 amide bonds. The summed E-state index contributed by atoms with van der Waals surface area (Å²) >= 11 is 0. The van der Waals surface area contributed by atoms with Gasteiger partial charge in [0.05, 0.1) is 0 Å². The molecule has 1 saturated heterocycles. The quantitative estimate of drug-likeness (QED) is 0.376. The van der Waals surface area contributed by atoms with Gasteiger partial charge in [0.25, 0.3) is 0 Å². The van der Waals surface area contributed by atoms with Crippen molar-refractivity contribution >= 4 is 0 Å². The van der Waals surface area contributed by atoms with Crippen LogP contribution in [0.1, 0.15) is 13.3 Å². The van der Waals surface area contributed by atoms with E-state index in [4.69, 9.17) is 5.84 Å². The van der Waals surface area contributed by atoms with Crippen LogP contribution in [0.15, 0.2) is 11.6 Å². The third-order valence-electron chi connectivity index (χ3n) is 2.56.